The van der Waals surface area contributed by atoms with E-state index >= 15 is 0 Å². The van der Waals surface area contributed by atoms with Gasteiger partial charge in [0.25, 0.3) is 0 Å². The number of nitrogens with zero attached hydrogens (tertiary/aromatic N) is 2. The third-order valence-corrected chi connectivity index (χ3v) is 5.29. The first-order valence-corrected chi connectivity index (χ1v) is 9.63. The van der Waals surface area contributed by atoms with Crippen molar-refractivity contribution in [2.24, 2.45) is 0 Å². The maximum atomic E-state index is 12.0. The molecule has 0 bridgehead atoms. The summed E-state index contributed by atoms with van der Waals surface area (Å²) in [5.41, 5.74) is 3.61. The van der Waals surface area contributed by atoms with E-state index in [1.54, 1.807) is 24.3 Å². The quantitative estimate of drug-likeness (QED) is 0.779. The van der Waals surface area contributed by atoms with Gasteiger partial charge in [0.1, 0.15) is 11.1 Å². The van der Waals surface area contributed by atoms with Gasteiger partial charge in [-0.15, -0.1) is 11.8 Å². The van der Waals surface area contributed by atoms with Crippen molar-refractivity contribution in [2.75, 3.05) is 11.1 Å². The number of aryl methyl sites for hydroxylation is 2. The fourth-order valence-corrected chi connectivity index (χ4v) is 3.94. The molecule has 6 heteroatoms. The lowest BCUT2D eigenvalue weighted by Gasteiger charge is -2.16. The van der Waals surface area contributed by atoms with Gasteiger partial charge in [-0.2, -0.15) is 5.26 Å². The molecule has 0 unspecified atom stereocenters. The molecule has 128 valence electrons. The van der Waals surface area contributed by atoms with Crippen molar-refractivity contribution >= 4 is 35.0 Å². The van der Waals surface area contributed by atoms with E-state index in [1.807, 2.05) is 6.07 Å². The van der Waals surface area contributed by atoms with Gasteiger partial charge in [0, 0.05) is 28.6 Å². The number of halogens is 1. The highest BCUT2D eigenvalue weighted by Crippen LogP contribution is 2.27. The van der Waals surface area contributed by atoms with Gasteiger partial charge in [-0.05, 0) is 55.5 Å². The second kappa shape index (κ2) is 8.37. The molecule has 0 fully saturated rings. The van der Waals surface area contributed by atoms with Crippen LogP contribution in [0.4, 0.5) is 5.69 Å². The van der Waals surface area contributed by atoms with E-state index in [-0.39, 0.29) is 5.91 Å². The van der Waals surface area contributed by atoms with Gasteiger partial charge < -0.3 is 5.32 Å². The summed E-state index contributed by atoms with van der Waals surface area (Å²) in [6.45, 7) is 0. The summed E-state index contributed by atoms with van der Waals surface area (Å²) >= 11 is 7.38. The summed E-state index contributed by atoms with van der Waals surface area (Å²) in [6.07, 6.45) is 4.64. The predicted molar refractivity (Wildman–Crippen MR) is 101 cm³/mol. The molecule has 0 aliphatic heterocycles. The van der Waals surface area contributed by atoms with Crippen LogP contribution in [0.15, 0.2) is 35.4 Å². The number of benzene rings is 1. The highest BCUT2D eigenvalue weighted by molar-refractivity contribution is 7.99. The minimum atomic E-state index is -0.0776. The fraction of sp³-hybridized carbons (Fsp3) is 0.316. The number of nitrogens with one attached hydrogen (secondary N) is 1. The largest absolute Gasteiger partial charge is 0.326 e. The zero-order valence-corrected chi connectivity index (χ0v) is 15.3. The molecule has 0 radical (unpaired) electrons. The molecule has 2 aromatic rings. The molecule has 1 amide bonds. The Morgan fingerprint density at radius 3 is 2.96 bits per heavy atom. The van der Waals surface area contributed by atoms with Crippen LogP contribution in [0.1, 0.15) is 36.1 Å². The van der Waals surface area contributed by atoms with Crippen molar-refractivity contribution in [3.8, 4) is 6.07 Å². The number of aromatic nitrogens is 1. The minimum absolute atomic E-state index is 0.0776. The Bertz CT molecular complexity index is 832. The Morgan fingerprint density at radius 1 is 1.32 bits per heavy atom. The molecule has 1 aromatic carbocycles. The molecular formula is C19H18ClN3OS. The molecule has 1 aromatic heterocycles. The van der Waals surface area contributed by atoms with E-state index in [1.165, 1.54) is 17.3 Å². The van der Waals surface area contributed by atoms with Crippen molar-refractivity contribution < 1.29 is 4.79 Å². The molecule has 0 atom stereocenters. The minimum Gasteiger partial charge on any atom is -0.326 e. The standard InChI is InChI=1S/C19H18ClN3OS/c20-15-5-3-6-16(11-15)22-18(24)8-9-25-19-14(12-21)10-13-4-1-2-7-17(13)23-19/h3,5-6,10-11H,1-2,4,7-9H2,(H,22,24). The van der Waals surface area contributed by atoms with E-state index in [4.69, 9.17) is 11.6 Å². The molecule has 0 spiro atoms. The van der Waals surface area contributed by atoms with Gasteiger partial charge in [-0.25, -0.2) is 4.98 Å². The van der Waals surface area contributed by atoms with Gasteiger partial charge in [-0.3, -0.25) is 4.79 Å². The van der Waals surface area contributed by atoms with Crippen LogP contribution in [0.25, 0.3) is 0 Å². The Balaban J connectivity index is 1.58. The van der Waals surface area contributed by atoms with E-state index in [0.29, 0.717) is 28.4 Å². The molecule has 1 aliphatic rings. The predicted octanol–water partition coefficient (Wildman–Crippen LogP) is 4.61. The van der Waals surface area contributed by atoms with Crippen molar-refractivity contribution in [3.05, 3.63) is 52.2 Å². The lowest BCUT2D eigenvalue weighted by atomic mass is 9.95. The second-order valence-electron chi connectivity index (χ2n) is 5.92. The van der Waals surface area contributed by atoms with Gasteiger partial charge in [0.15, 0.2) is 0 Å². The third kappa shape index (κ3) is 4.75. The van der Waals surface area contributed by atoms with Crippen LogP contribution in [0.3, 0.4) is 0 Å². The normalized spacial score (nSPS) is 13.0. The number of carbonyl (C=O) groups is 1. The van der Waals surface area contributed by atoms with Gasteiger partial charge in [0.2, 0.25) is 5.91 Å². The van der Waals surface area contributed by atoms with Crippen LogP contribution in [0.2, 0.25) is 5.02 Å². The van der Waals surface area contributed by atoms with Crippen LogP contribution in [0, 0.1) is 11.3 Å². The lowest BCUT2D eigenvalue weighted by molar-refractivity contribution is -0.115. The average Bonchev–Trinajstić information content (AvgIpc) is 2.61. The maximum absolute atomic E-state index is 12.0. The van der Waals surface area contributed by atoms with Crippen molar-refractivity contribution in [3.63, 3.8) is 0 Å². The highest BCUT2D eigenvalue weighted by atomic mass is 35.5. The lowest BCUT2D eigenvalue weighted by Crippen LogP contribution is -2.12. The molecule has 0 saturated carbocycles. The summed E-state index contributed by atoms with van der Waals surface area (Å²) in [4.78, 5) is 16.7. The van der Waals surface area contributed by atoms with E-state index in [2.05, 4.69) is 16.4 Å². The first-order valence-electron chi connectivity index (χ1n) is 8.27. The second-order valence-corrected chi connectivity index (χ2v) is 7.44. The van der Waals surface area contributed by atoms with Gasteiger partial charge >= 0.3 is 0 Å². The Kier molecular flexibility index (Phi) is 5.95. The third-order valence-electron chi connectivity index (χ3n) is 4.06. The summed E-state index contributed by atoms with van der Waals surface area (Å²) in [7, 11) is 0. The topological polar surface area (TPSA) is 65.8 Å². The molecule has 25 heavy (non-hydrogen) atoms. The molecule has 3 rings (SSSR count). The summed E-state index contributed by atoms with van der Waals surface area (Å²) in [5.74, 6) is 0.499. The van der Waals surface area contributed by atoms with Crippen LogP contribution in [0.5, 0.6) is 0 Å². The fourth-order valence-electron chi connectivity index (χ4n) is 2.83. The van der Waals surface area contributed by atoms with Gasteiger partial charge in [0.05, 0.1) is 5.56 Å². The number of anilines is 1. The van der Waals surface area contributed by atoms with Crippen LogP contribution in [-0.4, -0.2) is 16.6 Å². The Morgan fingerprint density at radius 2 is 2.16 bits per heavy atom. The van der Waals surface area contributed by atoms with Crippen molar-refractivity contribution in [1.82, 2.24) is 4.98 Å². The zero-order valence-electron chi connectivity index (χ0n) is 13.7. The first kappa shape index (κ1) is 17.8. The van der Waals surface area contributed by atoms with Gasteiger partial charge in [-0.1, -0.05) is 17.7 Å². The number of carbonyl (C=O) groups excluding carboxylic acids is 1. The zero-order chi connectivity index (χ0) is 17.6. The van der Waals surface area contributed by atoms with Crippen LogP contribution >= 0.6 is 23.4 Å². The number of hydrogen-bond acceptors (Lipinski definition) is 4. The maximum Gasteiger partial charge on any atom is 0.225 e. The molecular weight excluding hydrogens is 354 g/mol. The summed E-state index contributed by atoms with van der Waals surface area (Å²) in [6, 6.07) is 11.3. The van der Waals surface area contributed by atoms with Crippen molar-refractivity contribution in [2.45, 2.75) is 37.1 Å². The Labute approximate surface area is 156 Å². The number of amides is 1. The number of fused-ring (bicyclic) bond motifs is 1. The smallest absolute Gasteiger partial charge is 0.225 e. The van der Waals surface area contributed by atoms with E-state index < -0.39 is 0 Å². The van der Waals surface area contributed by atoms with Crippen molar-refractivity contribution in [1.29, 1.82) is 5.26 Å². The average molecular weight is 372 g/mol. The molecule has 1 aliphatic carbocycles. The number of hydrogen-bond donors (Lipinski definition) is 1. The number of nitriles is 1. The summed E-state index contributed by atoms with van der Waals surface area (Å²) < 4.78 is 0. The molecule has 0 saturated heterocycles. The molecule has 4 nitrogen and oxygen atoms in total. The van der Waals surface area contributed by atoms with Crippen LogP contribution < -0.4 is 5.32 Å². The van der Waals surface area contributed by atoms with E-state index in [9.17, 15) is 10.1 Å². The SMILES string of the molecule is N#Cc1cc2c(nc1SCCC(=O)Nc1cccc(Cl)c1)CCCC2. The van der Waals surface area contributed by atoms with Crippen LogP contribution in [-0.2, 0) is 17.6 Å². The first-order chi connectivity index (χ1) is 12.2. The summed E-state index contributed by atoms with van der Waals surface area (Å²) in [5, 5.41) is 13.5. The Hall–Kier alpha value is -2.03. The highest BCUT2D eigenvalue weighted by Gasteiger charge is 2.15. The molecule has 1 heterocycles. The number of pyridine rings is 1. The number of thioether (sulfide) groups is 1. The molecule has 1 N–H and O–H groups in total. The number of rotatable bonds is 5. The monoisotopic (exact) mass is 371 g/mol. The van der Waals surface area contributed by atoms with E-state index in [0.717, 1.165) is 36.4 Å².